The average Bonchev–Trinajstić information content (AvgIpc) is 3.02. The number of halogens is 6. The lowest BCUT2D eigenvalue weighted by atomic mass is 10.2. The van der Waals surface area contributed by atoms with Crippen molar-refractivity contribution in [2.24, 2.45) is 7.05 Å². The summed E-state index contributed by atoms with van der Waals surface area (Å²) in [5.74, 6) is -0.908. The Hall–Kier alpha value is -2.75. The van der Waals surface area contributed by atoms with Crippen LogP contribution < -0.4 is 0 Å². The first-order chi connectivity index (χ1) is 14.5. The summed E-state index contributed by atoms with van der Waals surface area (Å²) in [4.78, 5) is 9.13. The second kappa shape index (κ2) is 7.40. The number of pyridine rings is 2. The van der Waals surface area contributed by atoms with Crippen LogP contribution in [0.5, 0.6) is 0 Å². The Morgan fingerprint density at radius 3 is 2.12 bits per heavy atom. The Morgan fingerprint density at radius 2 is 1.59 bits per heavy atom. The molecule has 0 spiro atoms. The molecule has 174 valence electrons. The fraction of sp³-hybridized carbons (Fsp3) is 0.312. The minimum Gasteiger partial charge on any atom is -0.310 e. The molecule has 0 fully saturated rings. The second-order valence-corrected chi connectivity index (χ2v) is 10.6. The quantitative estimate of drug-likeness (QED) is 0.504. The van der Waals surface area contributed by atoms with Crippen LogP contribution in [0.3, 0.4) is 0 Å². The number of aryl methyl sites for hydroxylation is 1. The molecule has 0 aliphatic heterocycles. The van der Waals surface area contributed by atoms with Gasteiger partial charge in [-0.3, -0.25) is 4.98 Å². The summed E-state index contributed by atoms with van der Waals surface area (Å²) < 4.78 is 127. The maximum Gasteiger partial charge on any atom is 0.501 e. The number of fused-ring (bicyclic) bond motifs is 1. The highest BCUT2D eigenvalue weighted by molar-refractivity contribution is 7.92. The topological polar surface area (TPSA) is 112 Å². The summed E-state index contributed by atoms with van der Waals surface area (Å²) in [5.41, 5.74) is -7.95. The van der Waals surface area contributed by atoms with Crippen molar-refractivity contribution in [3.63, 3.8) is 0 Å². The summed E-state index contributed by atoms with van der Waals surface area (Å²) in [6, 6.07) is 0.959. The van der Waals surface area contributed by atoms with E-state index in [1.807, 2.05) is 0 Å². The van der Waals surface area contributed by atoms with Gasteiger partial charge in [-0.25, -0.2) is 26.8 Å². The van der Waals surface area contributed by atoms with Crippen LogP contribution in [0.15, 0.2) is 34.3 Å². The Bertz CT molecular complexity index is 1430. The lowest BCUT2D eigenvalue weighted by Gasteiger charge is -2.12. The van der Waals surface area contributed by atoms with E-state index in [1.54, 1.807) is 0 Å². The fourth-order valence-electron chi connectivity index (χ4n) is 2.71. The highest BCUT2D eigenvalue weighted by Gasteiger charge is 2.47. The van der Waals surface area contributed by atoms with Gasteiger partial charge in [-0.2, -0.15) is 26.3 Å². The van der Waals surface area contributed by atoms with Crippen LogP contribution in [-0.4, -0.2) is 47.6 Å². The van der Waals surface area contributed by atoms with Crippen LogP contribution in [-0.2, 0) is 32.9 Å². The Labute approximate surface area is 176 Å². The molecular formula is C16H12F6N4O4S2. The lowest BCUT2D eigenvalue weighted by Crippen LogP contribution is -2.23. The molecule has 0 aliphatic rings. The van der Waals surface area contributed by atoms with E-state index in [9.17, 15) is 43.2 Å². The fourth-order valence-corrected chi connectivity index (χ4v) is 4.49. The van der Waals surface area contributed by atoms with Crippen molar-refractivity contribution >= 4 is 30.8 Å². The van der Waals surface area contributed by atoms with Crippen molar-refractivity contribution in [3.8, 4) is 11.5 Å². The molecule has 0 N–H and O–H groups in total. The number of hydrogen-bond acceptors (Lipinski definition) is 7. The predicted octanol–water partition coefficient (Wildman–Crippen LogP) is 3.14. The SMILES string of the molecule is CCS(=O)(=O)c1cc(C(F)(F)F)cnc1-c1nc2cc(S(=O)(=O)C(F)(F)F)cnc2n1C. The largest absolute Gasteiger partial charge is 0.501 e. The van der Waals surface area contributed by atoms with E-state index >= 15 is 0 Å². The van der Waals surface area contributed by atoms with Gasteiger partial charge in [0.2, 0.25) is 0 Å². The monoisotopic (exact) mass is 502 g/mol. The summed E-state index contributed by atoms with van der Waals surface area (Å²) in [6.45, 7) is 1.20. The van der Waals surface area contributed by atoms with Crippen LogP contribution in [0.4, 0.5) is 26.3 Å². The van der Waals surface area contributed by atoms with E-state index in [1.165, 1.54) is 14.0 Å². The number of aromatic nitrogens is 4. The second-order valence-electron chi connectivity index (χ2n) is 6.43. The van der Waals surface area contributed by atoms with Crippen LogP contribution in [0.1, 0.15) is 12.5 Å². The molecule has 0 unspecified atom stereocenters. The van der Waals surface area contributed by atoms with Gasteiger partial charge in [0.15, 0.2) is 21.3 Å². The highest BCUT2D eigenvalue weighted by atomic mass is 32.2. The number of alkyl halides is 6. The van der Waals surface area contributed by atoms with Crippen molar-refractivity contribution < 1.29 is 43.2 Å². The van der Waals surface area contributed by atoms with Crippen molar-refractivity contribution in [1.29, 1.82) is 0 Å². The van der Waals surface area contributed by atoms with E-state index in [2.05, 4.69) is 15.0 Å². The van der Waals surface area contributed by atoms with Crippen LogP contribution in [0, 0.1) is 0 Å². The Balaban J connectivity index is 2.30. The number of rotatable bonds is 4. The minimum absolute atomic E-state index is 0.150. The number of hydrogen-bond donors (Lipinski definition) is 0. The van der Waals surface area contributed by atoms with E-state index in [4.69, 9.17) is 0 Å². The molecule has 3 aromatic heterocycles. The van der Waals surface area contributed by atoms with Crippen LogP contribution in [0.25, 0.3) is 22.7 Å². The maximum atomic E-state index is 13.1. The standard InChI is InChI=1S/C16H12F6N4O4S2/c1-3-31(27,28)11-4-8(15(17,18)19)6-23-12(11)14-25-10-5-9(7-24-13(10)26(14)2)32(29,30)16(20,21)22/h4-7H,3H2,1-2H3. The summed E-state index contributed by atoms with van der Waals surface area (Å²) in [7, 11) is -8.73. The number of sulfone groups is 2. The smallest absolute Gasteiger partial charge is 0.310 e. The molecule has 3 aromatic rings. The molecule has 32 heavy (non-hydrogen) atoms. The van der Waals surface area contributed by atoms with Gasteiger partial charge in [0, 0.05) is 19.4 Å². The number of nitrogens with zero attached hydrogens (tertiary/aromatic N) is 4. The summed E-state index contributed by atoms with van der Waals surface area (Å²) in [5, 5.41) is 0. The predicted molar refractivity (Wildman–Crippen MR) is 97.7 cm³/mol. The Kier molecular flexibility index (Phi) is 5.53. The zero-order valence-electron chi connectivity index (χ0n) is 16.0. The minimum atomic E-state index is -5.74. The lowest BCUT2D eigenvalue weighted by molar-refractivity contribution is -0.138. The molecule has 0 atom stereocenters. The van der Waals surface area contributed by atoms with E-state index in [0.29, 0.717) is 24.5 Å². The van der Waals surface area contributed by atoms with E-state index < -0.39 is 58.2 Å². The van der Waals surface area contributed by atoms with Gasteiger partial charge in [0.25, 0.3) is 9.84 Å². The van der Waals surface area contributed by atoms with E-state index in [-0.39, 0.29) is 17.0 Å². The first-order valence-electron chi connectivity index (χ1n) is 8.45. The van der Waals surface area contributed by atoms with Gasteiger partial charge in [-0.15, -0.1) is 0 Å². The molecule has 8 nitrogen and oxygen atoms in total. The third-order valence-corrected chi connectivity index (χ3v) is 7.60. The zero-order chi connectivity index (χ0) is 24.3. The summed E-state index contributed by atoms with van der Waals surface area (Å²) >= 11 is 0. The first kappa shape index (κ1) is 23.9. The van der Waals surface area contributed by atoms with Crippen molar-refractivity contribution in [1.82, 2.24) is 19.5 Å². The normalized spacial score (nSPS) is 13.6. The van der Waals surface area contributed by atoms with E-state index in [0.717, 1.165) is 4.57 Å². The molecule has 0 saturated carbocycles. The average molecular weight is 502 g/mol. The molecule has 0 radical (unpaired) electrons. The van der Waals surface area contributed by atoms with Crippen molar-refractivity contribution in [3.05, 3.63) is 30.1 Å². The molecule has 0 amide bonds. The molecule has 16 heteroatoms. The van der Waals surface area contributed by atoms with Gasteiger partial charge < -0.3 is 4.57 Å². The Morgan fingerprint density at radius 1 is 0.969 bits per heavy atom. The number of imidazole rings is 1. The third-order valence-electron chi connectivity index (χ3n) is 4.41. The van der Waals surface area contributed by atoms with Gasteiger partial charge in [0.05, 0.1) is 21.1 Å². The van der Waals surface area contributed by atoms with Gasteiger partial charge >= 0.3 is 11.7 Å². The third kappa shape index (κ3) is 3.92. The molecule has 0 aromatic carbocycles. The molecule has 0 saturated heterocycles. The molecule has 3 heterocycles. The summed E-state index contributed by atoms with van der Waals surface area (Å²) in [6.07, 6.45) is -4.06. The highest BCUT2D eigenvalue weighted by Crippen LogP contribution is 2.35. The molecule has 0 bridgehead atoms. The van der Waals surface area contributed by atoms with Crippen molar-refractivity contribution in [2.45, 2.75) is 28.4 Å². The van der Waals surface area contributed by atoms with Crippen LogP contribution in [0.2, 0.25) is 0 Å². The molecule has 0 aliphatic carbocycles. The van der Waals surface area contributed by atoms with Crippen LogP contribution >= 0.6 is 0 Å². The van der Waals surface area contributed by atoms with Gasteiger partial charge in [-0.1, -0.05) is 6.92 Å². The first-order valence-corrected chi connectivity index (χ1v) is 11.6. The molecule has 3 rings (SSSR count). The van der Waals surface area contributed by atoms with Gasteiger partial charge in [-0.05, 0) is 12.1 Å². The van der Waals surface area contributed by atoms with Gasteiger partial charge in [0.1, 0.15) is 11.2 Å². The van der Waals surface area contributed by atoms with Crippen molar-refractivity contribution in [2.75, 3.05) is 5.75 Å². The zero-order valence-corrected chi connectivity index (χ0v) is 17.7. The maximum absolute atomic E-state index is 13.1. The molecular weight excluding hydrogens is 490 g/mol.